The molecule has 0 spiro atoms. The van der Waals surface area contributed by atoms with Crippen molar-refractivity contribution >= 4 is 11.6 Å². The standard InChI is InChI=1S/C11H7ClFN3/c12-11-8(2-1-3-9(11)13)7-16-5-4-15-10(16)6-14/h1-5H,7H2. The Morgan fingerprint density at radius 2 is 2.31 bits per heavy atom. The van der Waals surface area contributed by atoms with Crippen LogP contribution in [0.2, 0.25) is 5.02 Å². The van der Waals surface area contributed by atoms with E-state index in [-0.39, 0.29) is 10.8 Å². The van der Waals surface area contributed by atoms with E-state index < -0.39 is 5.82 Å². The average molecular weight is 236 g/mol. The van der Waals surface area contributed by atoms with Gasteiger partial charge < -0.3 is 4.57 Å². The van der Waals surface area contributed by atoms with Crippen molar-refractivity contribution in [3.63, 3.8) is 0 Å². The third-order valence-corrected chi connectivity index (χ3v) is 2.61. The molecule has 3 nitrogen and oxygen atoms in total. The van der Waals surface area contributed by atoms with Gasteiger partial charge >= 0.3 is 0 Å². The molecule has 2 rings (SSSR count). The van der Waals surface area contributed by atoms with Crippen LogP contribution in [0.5, 0.6) is 0 Å². The number of benzene rings is 1. The Labute approximate surface area is 96.7 Å². The second-order valence-corrected chi connectivity index (χ2v) is 3.58. The Kier molecular flexibility index (Phi) is 2.88. The highest BCUT2D eigenvalue weighted by atomic mass is 35.5. The maximum absolute atomic E-state index is 13.2. The largest absolute Gasteiger partial charge is 0.318 e. The molecule has 0 aliphatic carbocycles. The second kappa shape index (κ2) is 4.33. The molecule has 0 unspecified atom stereocenters. The van der Waals surface area contributed by atoms with E-state index in [1.165, 1.54) is 12.3 Å². The van der Waals surface area contributed by atoms with Gasteiger partial charge in [0.05, 0.1) is 11.6 Å². The van der Waals surface area contributed by atoms with E-state index in [9.17, 15) is 4.39 Å². The molecular formula is C11H7ClFN3. The third-order valence-electron chi connectivity index (χ3n) is 2.19. The van der Waals surface area contributed by atoms with E-state index in [0.717, 1.165) is 0 Å². The number of imidazole rings is 1. The van der Waals surface area contributed by atoms with Crippen LogP contribution in [0.1, 0.15) is 11.4 Å². The first-order valence-corrected chi connectivity index (χ1v) is 4.94. The van der Waals surface area contributed by atoms with Crippen LogP contribution >= 0.6 is 11.6 Å². The third kappa shape index (κ3) is 1.90. The Morgan fingerprint density at radius 1 is 1.50 bits per heavy atom. The summed E-state index contributed by atoms with van der Waals surface area (Å²) in [6.45, 7) is 0.333. The average Bonchev–Trinajstić information content (AvgIpc) is 2.72. The van der Waals surface area contributed by atoms with Crippen LogP contribution in [0.15, 0.2) is 30.6 Å². The van der Waals surface area contributed by atoms with E-state index >= 15 is 0 Å². The molecule has 0 bridgehead atoms. The zero-order valence-corrected chi connectivity index (χ0v) is 8.95. The molecule has 0 fully saturated rings. The van der Waals surface area contributed by atoms with Gasteiger partial charge in [0.2, 0.25) is 5.82 Å². The van der Waals surface area contributed by atoms with Crippen molar-refractivity contribution in [3.8, 4) is 6.07 Å². The van der Waals surface area contributed by atoms with Crippen LogP contribution in [0.3, 0.4) is 0 Å². The summed E-state index contributed by atoms with van der Waals surface area (Å²) in [5.41, 5.74) is 0.621. The van der Waals surface area contributed by atoms with Crippen molar-refractivity contribution in [1.82, 2.24) is 9.55 Å². The fourth-order valence-electron chi connectivity index (χ4n) is 1.40. The van der Waals surface area contributed by atoms with Crippen molar-refractivity contribution < 1.29 is 4.39 Å². The van der Waals surface area contributed by atoms with Crippen LogP contribution in [-0.4, -0.2) is 9.55 Å². The lowest BCUT2D eigenvalue weighted by Gasteiger charge is -2.06. The van der Waals surface area contributed by atoms with Crippen LogP contribution in [0.4, 0.5) is 4.39 Å². The zero-order chi connectivity index (χ0) is 11.5. The minimum Gasteiger partial charge on any atom is -0.318 e. The molecule has 1 heterocycles. The zero-order valence-electron chi connectivity index (χ0n) is 8.19. The van der Waals surface area contributed by atoms with Gasteiger partial charge in [-0.2, -0.15) is 5.26 Å². The Balaban J connectivity index is 2.35. The summed E-state index contributed by atoms with van der Waals surface area (Å²) in [5.74, 6) is -0.182. The molecule has 2 aromatic rings. The first kappa shape index (κ1) is 10.7. The van der Waals surface area contributed by atoms with E-state index in [1.54, 1.807) is 22.9 Å². The van der Waals surface area contributed by atoms with Gasteiger partial charge in [0.25, 0.3) is 0 Å². The Bertz CT molecular complexity index is 557. The van der Waals surface area contributed by atoms with Crippen LogP contribution in [0, 0.1) is 17.1 Å². The Morgan fingerprint density at radius 3 is 3.06 bits per heavy atom. The topological polar surface area (TPSA) is 41.6 Å². The van der Waals surface area contributed by atoms with Crippen molar-refractivity contribution in [1.29, 1.82) is 5.26 Å². The summed E-state index contributed by atoms with van der Waals surface area (Å²) in [7, 11) is 0. The van der Waals surface area contributed by atoms with Crippen molar-refractivity contribution in [2.24, 2.45) is 0 Å². The monoisotopic (exact) mass is 235 g/mol. The summed E-state index contributed by atoms with van der Waals surface area (Å²) in [6.07, 6.45) is 3.17. The first-order valence-electron chi connectivity index (χ1n) is 4.56. The number of nitriles is 1. The number of halogens is 2. The maximum atomic E-state index is 13.2. The highest BCUT2D eigenvalue weighted by Crippen LogP contribution is 2.20. The number of hydrogen-bond acceptors (Lipinski definition) is 2. The van der Waals surface area contributed by atoms with Crippen molar-refractivity contribution in [2.75, 3.05) is 0 Å². The van der Waals surface area contributed by atoms with Gasteiger partial charge in [0, 0.05) is 12.4 Å². The lowest BCUT2D eigenvalue weighted by atomic mass is 10.2. The molecule has 0 aliphatic heterocycles. The van der Waals surface area contributed by atoms with Gasteiger partial charge in [-0.15, -0.1) is 0 Å². The molecule has 5 heteroatoms. The van der Waals surface area contributed by atoms with Crippen molar-refractivity contribution in [3.05, 3.63) is 52.8 Å². The molecule has 0 radical (unpaired) electrons. The highest BCUT2D eigenvalue weighted by molar-refractivity contribution is 6.31. The smallest absolute Gasteiger partial charge is 0.213 e. The van der Waals surface area contributed by atoms with Crippen molar-refractivity contribution in [2.45, 2.75) is 6.54 Å². The van der Waals surface area contributed by atoms with Crippen LogP contribution in [-0.2, 0) is 6.54 Å². The molecule has 0 saturated heterocycles. The molecular weight excluding hydrogens is 229 g/mol. The van der Waals surface area contributed by atoms with Crippen LogP contribution in [0.25, 0.3) is 0 Å². The fraction of sp³-hybridized carbons (Fsp3) is 0.0909. The van der Waals surface area contributed by atoms with Crippen LogP contribution < -0.4 is 0 Å². The number of nitrogens with zero attached hydrogens (tertiary/aromatic N) is 3. The minimum atomic E-state index is -0.460. The van der Waals surface area contributed by atoms with Gasteiger partial charge in [0.1, 0.15) is 11.9 Å². The molecule has 80 valence electrons. The van der Waals surface area contributed by atoms with E-state index in [4.69, 9.17) is 16.9 Å². The summed E-state index contributed by atoms with van der Waals surface area (Å²) < 4.78 is 14.8. The summed E-state index contributed by atoms with van der Waals surface area (Å²) in [4.78, 5) is 3.85. The summed E-state index contributed by atoms with van der Waals surface area (Å²) >= 11 is 5.81. The SMILES string of the molecule is N#Cc1nccn1Cc1cccc(F)c1Cl. The lowest BCUT2D eigenvalue weighted by Crippen LogP contribution is -2.02. The molecule has 0 aliphatic rings. The molecule has 0 N–H and O–H groups in total. The van der Waals surface area contributed by atoms with Gasteiger partial charge in [-0.25, -0.2) is 9.37 Å². The molecule has 1 aromatic heterocycles. The number of aromatic nitrogens is 2. The molecule has 16 heavy (non-hydrogen) atoms. The minimum absolute atomic E-state index is 0.0834. The van der Waals surface area contributed by atoms with Gasteiger partial charge in [-0.3, -0.25) is 0 Å². The summed E-state index contributed by atoms with van der Waals surface area (Å²) in [6, 6.07) is 6.54. The maximum Gasteiger partial charge on any atom is 0.213 e. The van der Waals surface area contributed by atoms with Gasteiger partial charge in [-0.05, 0) is 11.6 Å². The summed E-state index contributed by atoms with van der Waals surface area (Å²) in [5, 5.41) is 8.85. The lowest BCUT2D eigenvalue weighted by molar-refractivity contribution is 0.624. The van der Waals surface area contributed by atoms with Gasteiger partial charge in [0.15, 0.2) is 0 Å². The molecule has 1 aromatic carbocycles. The van der Waals surface area contributed by atoms with E-state index in [2.05, 4.69) is 4.98 Å². The first-order chi connectivity index (χ1) is 7.72. The second-order valence-electron chi connectivity index (χ2n) is 3.20. The highest BCUT2D eigenvalue weighted by Gasteiger charge is 2.08. The number of rotatable bonds is 2. The molecule has 0 amide bonds. The number of hydrogen-bond donors (Lipinski definition) is 0. The van der Waals surface area contributed by atoms with E-state index in [1.807, 2.05) is 6.07 Å². The fourth-order valence-corrected chi connectivity index (χ4v) is 1.59. The van der Waals surface area contributed by atoms with E-state index in [0.29, 0.717) is 12.1 Å². The Hall–Kier alpha value is -1.86. The molecule has 0 atom stereocenters. The quantitative estimate of drug-likeness (QED) is 0.803. The normalized spacial score (nSPS) is 10.1. The molecule has 0 saturated carbocycles. The predicted octanol–water partition coefficient (Wildman–Crippen LogP) is 2.60. The predicted molar refractivity (Wildman–Crippen MR) is 57.5 cm³/mol. The van der Waals surface area contributed by atoms with Gasteiger partial charge in [-0.1, -0.05) is 23.7 Å².